The van der Waals surface area contributed by atoms with Crippen molar-refractivity contribution in [3.8, 4) is 5.75 Å². The summed E-state index contributed by atoms with van der Waals surface area (Å²) in [6, 6.07) is 8.81. The first kappa shape index (κ1) is 15.9. The molecule has 0 atom stereocenters. The van der Waals surface area contributed by atoms with Crippen molar-refractivity contribution in [3.05, 3.63) is 30.3 Å². The average Bonchev–Trinajstić information content (AvgIpc) is 2.46. The minimum absolute atomic E-state index is 0.110. The van der Waals surface area contributed by atoms with Gasteiger partial charge in [-0.3, -0.25) is 4.90 Å². The van der Waals surface area contributed by atoms with E-state index >= 15 is 0 Å². The van der Waals surface area contributed by atoms with E-state index in [9.17, 15) is 13.2 Å². The SMILES string of the molecule is O=C(COCCN1CCS(=O)(=O)CC1)Oc1ccccc1. The summed E-state index contributed by atoms with van der Waals surface area (Å²) in [6.45, 7) is 1.94. The summed E-state index contributed by atoms with van der Waals surface area (Å²) in [5, 5.41) is 0. The largest absolute Gasteiger partial charge is 0.425 e. The molecule has 0 radical (unpaired) electrons. The van der Waals surface area contributed by atoms with E-state index in [4.69, 9.17) is 9.47 Å². The van der Waals surface area contributed by atoms with Crippen molar-refractivity contribution >= 4 is 15.8 Å². The number of ether oxygens (including phenoxy) is 2. The zero-order valence-electron chi connectivity index (χ0n) is 11.7. The molecule has 21 heavy (non-hydrogen) atoms. The molecule has 0 aliphatic carbocycles. The summed E-state index contributed by atoms with van der Waals surface area (Å²) in [6.07, 6.45) is 0. The molecule has 1 saturated heterocycles. The standard InChI is InChI=1S/C14H19NO5S/c16-14(20-13-4-2-1-3-5-13)12-19-9-6-15-7-10-21(17,18)11-8-15/h1-5H,6-12H2. The van der Waals surface area contributed by atoms with Crippen LogP contribution in [0.25, 0.3) is 0 Å². The lowest BCUT2D eigenvalue weighted by atomic mass is 10.3. The van der Waals surface area contributed by atoms with Crippen molar-refractivity contribution in [2.45, 2.75) is 0 Å². The van der Waals surface area contributed by atoms with Crippen molar-refractivity contribution in [2.75, 3.05) is 44.4 Å². The maximum atomic E-state index is 11.5. The van der Waals surface area contributed by atoms with Crippen LogP contribution in [0.2, 0.25) is 0 Å². The first-order chi connectivity index (χ1) is 10.1. The van der Waals surface area contributed by atoms with E-state index in [-0.39, 0.29) is 18.1 Å². The van der Waals surface area contributed by atoms with Crippen LogP contribution in [-0.2, 0) is 19.4 Å². The van der Waals surface area contributed by atoms with Crippen LogP contribution >= 0.6 is 0 Å². The summed E-state index contributed by atoms with van der Waals surface area (Å²) >= 11 is 0. The molecule has 0 saturated carbocycles. The number of rotatable bonds is 6. The van der Waals surface area contributed by atoms with Crippen LogP contribution in [0.15, 0.2) is 30.3 Å². The Morgan fingerprint density at radius 1 is 1.14 bits per heavy atom. The molecule has 1 aliphatic heterocycles. The van der Waals surface area contributed by atoms with Crippen molar-refractivity contribution in [3.63, 3.8) is 0 Å². The van der Waals surface area contributed by atoms with Gasteiger partial charge in [0.2, 0.25) is 0 Å². The van der Waals surface area contributed by atoms with Crippen molar-refractivity contribution in [1.82, 2.24) is 4.90 Å². The minimum atomic E-state index is -2.85. The number of carbonyl (C=O) groups excluding carboxylic acids is 1. The Balaban J connectivity index is 1.59. The van der Waals surface area contributed by atoms with Crippen LogP contribution in [-0.4, -0.2) is 63.6 Å². The summed E-state index contributed by atoms with van der Waals surface area (Å²) in [5.41, 5.74) is 0. The molecule has 1 aromatic rings. The monoisotopic (exact) mass is 313 g/mol. The molecule has 1 aromatic carbocycles. The van der Waals surface area contributed by atoms with E-state index in [0.717, 1.165) is 0 Å². The Kier molecular flexibility index (Phi) is 5.72. The van der Waals surface area contributed by atoms with E-state index in [1.54, 1.807) is 24.3 Å². The number of nitrogens with zero attached hydrogens (tertiary/aromatic N) is 1. The van der Waals surface area contributed by atoms with Gasteiger partial charge in [-0.05, 0) is 12.1 Å². The highest BCUT2D eigenvalue weighted by atomic mass is 32.2. The number of sulfone groups is 1. The van der Waals surface area contributed by atoms with E-state index in [0.29, 0.717) is 32.0 Å². The van der Waals surface area contributed by atoms with Crippen LogP contribution in [0, 0.1) is 0 Å². The van der Waals surface area contributed by atoms with Gasteiger partial charge in [-0.1, -0.05) is 18.2 Å². The van der Waals surface area contributed by atoms with Crippen molar-refractivity contribution in [1.29, 1.82) is 0 Å². The molecular weight excluding hydrogens is 294 g/mol. The molecule has 1 heterocycles. The molecule has 116 valence electrons. The number of carbonyl (C=O) groups is 1. The number of hydrogen-bond donors (Lipinski definition) is 0. The van der Waals surface area contributed by atoms with Crippen LogP contribution in [0.4, 0.5) is 0 Å². The lowest BCUT2D eigenvalue weighted by Crippen LogP contribution is -2.41. The lowest BCUT2D eigenvalue weighted by Gasteiger charge is -2.26. The Bertz CT molecular complexity index is 544. The number of hydrogen-bond acceptors (Lipinski definition) is 6. The Labute approximate surface area is 124 Å². The zero-order chi connectivity index (χ0) is 15.1. The van der Waals surface area contributed by atoms with Gasteiger partial charge < -0.3 is 9.47 Å². The molecular formula is C14H19NO5S. The summed E-state index contributed by atoms with van der Waals surface area (Å²) in [7, 11) is -2.85. The molecule has 0 N–H and O–H groups in total. The van der Waals surface area contributed by atoms with Gasteiger partial charge in [-0.15, -0.1) is 0 Å². The molecule has 6 nitrogen and oxygen atoms in total. The smallest absolute Gasteiger partial charge is 0.337 e. The fourth-order valence-corrected chi connectivity index (χ4v) is 3.25. The predicted octanol–water partition coefficient (Wildman–Crippen LogP) is 0.339. The fraction of sp³-hybridized carbons (Fsp3) is 0.500. The summed E-state index contributed by atoms with van der Waals surface area (Å²) in [4.78, 5) is 13.5. The second-order valence-corrected chi connectivity index (χ2v) is 7.14. The van der Waals surface area contributed by atoms with Gasteiger partial charge in [0.15, 0.2) is 9.84 Å². The van der Waals surface area contributed by atoms with E-state index in [2.05, 4.69) is 0 Å². The molecule has 1 fully saturated rings. The van der Waals surface area contributed by atoms with E-state index in [1.807, 2.05) is 11.0 Å². The van der Waals surface area contributed by atoms with Crippen molar-refractivity contribution < 1.29 is 22.7 Å². The Morgan fingerprint density at radius 2 is 1.81 bits per heavy atom. The second kappa shape index (κ2) is 7.53. The van der Waals surface area contributed by atoms with Gasteiger partial charge in [0.25, 0.3) is 0 Å². The molecule has 0 unspecified atom stereocenters. The maximum absolute atomic E-state index is 11.5. The molecule has 7 heteroatoms. The number of benzene rings is 1. The zero-order valence-corrected chi connectivity index (χ0v) is 12.5. The first-order valence-electron chi connectivity index (χ1n) is 6.81. The molecule has 0 aromatic heterocycles. The van der Waals surface area contributed by atoms with Gasteiger partial charge >= 0.3 is 5.97 Å². The molecule has 0 spiro atoms. The third kappa shape index (κ3) is 5.82. The van der Waals surface area contributed by atoms with Gasteiger partial charge in [0.1, 0.15) is 12.4 Å². The second-order valence-electron chi connectivity index (χ2n) is 4.83. The third-order valence-corrected chi connectivity index (χ3v) is 4.79. The Morgan fingerprint density at radius 3 is 2.48 bits per heavy atom. The molecule has 0 amide bonds. The summed E-state index contributed by atoms with van der Waals surface area (Å²) < 4.78 is 32.9. The first-order valence-corrected chi connectivity index (χ1v) is 8.63. The quantitative estimate of drug-likeness (QED) is 0.428. The third-order valence-electron chi connectivity index (χ3n) is 3.18. The van der Waals surface area contributed by atoms with E-state index in [1.165, 1.54) is 0 Å². The van der Waals surface area contributed by atoms with E-state index < -0.39 is 15.8 Å². The molecule has 1 aliphatic rings. The topological polar surface area (TPSA) is 72.9 Å². The maximum Gasteiger partial charge on any atom is 0.337 e. The highest BCUT2D eigenvalue weighted by molar-refractivity contribution is 7.91. The van der Waals surface area contributed by atoms with Crippen molar-refractivity contribution in [2.24, 2.45) is 0 Å². The minimum Gasteiger partial charge on any atom is -0.425 e. The highest BCUT2D eigenvalue weighted by Crippen LogP contribution is 2.08. The van der Waals surface area contributed by atoms with Crippen LogP contribution in [0.3, 0.4) is 0 Å². The normalized spacial score (nSPS) is 18.3. The lowest BCUT2D eigenvalue weighted by molar-refractivity contribution is -0.139. The van der Waals surface area contributed by atoms with Crippen LogP contribution in [0.1, 0.15) is 0 Å². The van der Waals surface area contributed by atoms with Crippen LogP contribution < -0.4 is 4.74 Å². The fourth-order valence-electron chi connectivity index (χ4n) is 1.97. The van der Waals surface area contributed by atoms with Crippen LogP contribution in [0.5, 0.6) is 5.75 Å². The average molecular weight is 313 g/mol. The van der Waals surface area contributed by atoms with Gasteiger partial charge in [0, 0.05) is 19.6 Å². The number of para-hydroxylation sites is 1. The molecule has 2 rings (SSSR count). The van der Waals surface area contributed by atoms with Gasteiger partial charge in [-0.25, -0.2) is 13.2 Å². The molecule has 0 bridgehead atoms. The predicted molar refractivity (Wildman–Crippen MR) is 78.0 cm³/mol. The highest BCUT2D eigenvalue weighted by Gasteiger charge is 2.21. The summed E-state index contributed by atoms with van der Waals surface area (Å²) in [5.74, 6) is 0.446. The van der Waals surface area contributed by atoms with Gasteiger partial charge in [-0.2, -0.15) is 0 Å². The van der Waals surface area contributed by atoms with Gasteiger partial charge in [0.05, 0.1) is 18.1 Å². The number of esters is 1. The Hall–Kier alpha value is -1.44.